The van der Waals surface area contributed by atoms with Crippen molar-refractivity contribution in [2.75, 3.05) is 19.6 Å². The predicted molar refractivity (Wildman–Crippen MR) is 99.2 cm³/mol. The van der Waals surface area contributed by atoms with Crippen LogP contribution in [-0.4, -0.2) is 62.9 Å². The summed E-state index contributed by atoms with van der Waals surface area (Å²) in [5, 5.41) is 2.92. The average Bonchev–Trinajstić information content (AvgIpc) is 3.30. The molecule has 7 heteroatoms. The van der Waals surface area contributed by atoms with Crippen molar-refractivity contribution in [1.29, 1.82) is 0 Å². The summed E-state index contributed by atoms with van der Waals surface area (Å²) in [6, 6.07) is -0.0833. The van der Waals surface area contributed by atoms with E-state index in [1.54, 1.807) is 6.20 Å². The molecule has 0 aromatic carbocycles. The highest BCUT2D eigenvalue weighted by Crippen LogP contribution is 2.29. The van der Waals surface area contributed by atoms with Crippen LogP contribution in [0.1, 0.15) is 45.9 Å². The van der Waals surface area contributed by atoms with Gasteiger partial charge < -0.3 is 14.8 Å². The van der Waals surface area contributed by atoms with E-state index in [1.807, 2.05) is 22.7 Å². The first-order chi connectivity index (χ1) is 12.2. The zero-order chi connectivity index (χ0) is 18.9. The molecule has 1 aliphatic carbocycles. The summed E-state index contributed by atoms with van der Waals surface area (Å²) in [5.41, 5.74) is 0.0854. The van der Waals surface area contributed by atoms with Crippen molar-refractivity contribution in [3.8, 4) is 0 Å². The molecule has 1 N–H and O–H groups in total. The van der Waals surface area contributed by atoms with Gasteiger partial charge in [-0.1, -0.05) is 20.8 Å². The van der Waals surface area contributed by atoms with Gasteiger partial charge in [0.05, 0.1) is 19.0 Å². The molecular weight excluding hydrogens is 330 g/mol. The smallest absolute Gasteiger partial charge is 0.237 e. The molecule has 144 valence electrons. The molecule has 3 rings (SSSR count). The summed E-state index contributed by atoms with van der Waals surface area (Å²) in [7, 11) is 1.94. The van der Waals surface area contributed by atoms with Crippen LogP contribution in [-0.2, 0) is 23.2 Å². The Morgan fingerprint density at radius 3 is 2.69 bits per heavy atom. The number of amides is 2. The molecule has 0 unspecified atom stereocenters. The highest BCUT2D eigenvalue weighted by atomic mass is 16.2. The van der Waals surface area contributed by atoms with Gasteiger partial charge in [-0.2, -0.15) is 0 Å². The van der Waals surface area contributed by atoms with E-state index >= 15 is 0 Å². The molecule has 1 aromatic rings. The Morgan fingerprint density at radius 2 is 2.12 bits per heavy atom. The van der Waals surface area contributed by atoms with Gasteiger partial charge in [-0.05, 0) is 18.3 Å². The van der Waals surface area contributed by atoms with Gasteiger partial charge in [-0.3, -0.25) is 14.5 Å². The third-order valence-electron chi connectivity index (χ3n) is 5.03. The number of hydrogen-bond acceptors (Lipinski definition) is 4. The number of imidazole rings is 1. The first-order valence-corrected chi connectivity index (χ1v) is 9.52. The number of nitrogens with zero attached hydrogens (tertiary/aromatic N) is 4. The number of aryl methyl sites for hydroxylation is 1. The third kappa shape index (κ3) is 4.63. The zero-order valence-corrected chi connectivity index (χ0v) is 16.4. The van der Waals surface area contributed by atoms with Crippen molar-refractivity contribution in [1.82, 2.24) is 24.7 Å². The zero-order valence-electron chi connectivity index (χ0n) is 16.4. The molecule has 0 radical (unpaired) electrons. The highest BCUT2D eigenvalue weighted by Gasteiger charge is 2.38. The lowest BCUT2D eigenvalue weighted by Crippen LogP contribution is -2.58. The maximum Gasteiger partial charge on any atom is 0.237 e. The standard InChI is InChI=1S/C19H31N5O2/c1-19(2,3)13-23-10-8-21-18(26)15(23)11-17(25)24(14-5-6-14)12-16-20-7-9-22(16)4/h7,9,14-15H,5-6,8,10-13H2,1-4H3,(H,21,26)/t15-/m0/s1. The first-order valence-electron chi connectivity index (χ1n) is 9.52. The van der Waals surface area contributed by atoms with Crippen LogP contribution in [0.15, 0.2) is 12.4 Å². The van der Waals surface area contributed by atoms with Crippen LogP contribution in [0.4, 0.5) is 0 Å². The Balaban J connectivity index is 1.70. The van der Waals surface area contributed by atoms with Crippen molar-refractivity contribution in [3.05, 3.63) is 18.2 Å². The molecule has 2 heterocycles. The number of piperazine rings is 1. The van der Waals surface area contributed by atoms with Crippen molar-refractivity contribution in [2.24, 2.45) is 12.5 Å². The number of rotatable bonds is 6. The summed E-state index contributed by atoms with van der Waals surface area (Å²) >= 11 is 0. The Kier molecular flexibility index (Phi) is 5.37. The quantitative estimate of drug-likeness (QED) is 0.825. The average molecular weight is 361 g/mol. The van der Waals surface area contributed by atoms with E-state index in [2.05, 4.69) is 36.0 Å². The molecule has 0 bridgehead atoms. The van der Waals surface area contributed by atoms with Crippen molar-refractivity contribution in [3.63, 3.8) is 0 Å². The summed E-state index contributed by atoms with van der Waals surface area (Å²) in [5.74, 6) is 0.906. The molecule has 2 fully saturated rings. The predicted octanol–water partition coefficient (Wildman–Crippen LogP) is 1.15. The van der Waals surface area contributed by atoms with Crippen LogP contribution in [0, 0.1) is 5.41 Å². The van der Waals surface area contributed by atoms with Crippen LogP contribution in [0.3, 0.4) is 0 Å². The fourth-order valence-electron chi connectivity index (χ4n) is 3.57. The van der Waals surface area contributed by atoms with E-state index in [-0.39, 0.29) is 29.7 Å². The SMILES string of the molecule is Cn1ccnc1CN(C(=O)C[C@H]1C(=O)NCCN1CC(C)(C)C)C1CC1. The number of nitrogens with one attached hydrogen (secondary N) is 1. The lowest BCUT2D eigenvalue weighted by atomic mass is 9.94. The molecule has 1 saturated heterocycles. The van der Waals surface area contributed by atoms with Gasteiger partial charge in [-0.25, -0.2) is 4.98 Å². The van der Waals surface area contributed by atoms with Gasteiger partial charge in [0.2, 0.25) is 11.8 Å². The van der Waals surface area contributed by atoms with E-state index < -0.39 is 0 Å². The molecule has 1 aromatic heterocycles. The normalized spacial score (nSPS) is 21.5. The fraction of sp³-hybridized carbons (Fsp3) is 0.737. The number of carbonyl (C=O) groups excluding carboxylic acids is 2. The Bertz CT molecular complexity index is 659. The summed E-state index contributed by atoms with van der Waals surface area (Å²) in [4.78, 5) is 34.0. The topological polar surface area (TPSA) is 70.5 Å². The van der Waals surface area contributed by atoms with Crippen LogP contribution in [0.5, 0.6) is 0 Å². The minimum atomic E-state index is -0.377. The minimum absolute atomic E-state index is 0.0263. The monoisotopic (exact) mass is 361 g/mol. The largest absolute Gasteiger partial charge is 0.353 e. The van der Waals surface area contributed by atoms with Gasteiger partial charge in [0.25, 0.3) is 0 Å². The number of hydrogen-bond donors (Lipinski definition) is 1. The molecule has 1 atom stereocenters. The van der Waals surface area contributed by atoms with Gasteiger partial charge >= 0.3 is 0 Å². The Hall–Kier alpha value is -1.89. The van der Waals surface area contributed by atoms with Crippen molar-refractivity contribution in [2.45, 2.75) is 58.7 Å². The second kappa shape index (κ2) is 7.39. The highest BCUT2D eigenvalue weighted by molar-refractivity contribution is 5.89. The van der Waals surface area contributed by atoms with Crippen LogP contribution < -0.4 is 5.32 Å². The van der Waals surface area contributed by atoms with E-state index in [0.717, 1.165) is 31.8 Å². The summed E-state index contributed by atoms with van der Waals surface area (Å²) in [6.45, 7) is 9.26. The van der Waals surface area contributed by atoms with Gasteiger partial charge in [0.15, 0.2) is 0 Å². The van der Waals surface area contributed by atoms with Crippen LogP contribution >= 0.6 is 0 Å². The van der Waals surface area contributed by atoms with Crippen molar-refractivity contribution < 1.29 is 9.59 Å². The second-order valence-corrected chi connectivity index (χ2v) is 8.75. The maximum absolute atomic E-state index is 13.1. The molecule has 7 nitrogen and oxygen atoms in total. The van der Waals surface area contributed by atoms with Crippen molar-refractivity contribution >= 4 is 11.8 Å². The summed E-state index contributed by atoms with van der Waals surface area (Å²) in [6.07, 6.45) is 5.97. The van der Waals surface area contributed by atoms with E-state index in [9.17, 15) is 9.59 Å². The van der Waals surface area contributed by atoms with E-state index in [0.29, 0.717) is 19.1 Å². The number of carbonyl (C=O) groups is 2. The number of aromatic nitrogens is 2. The molecule has 2 amide bonds. The Morgan fingerprint density at radius 1 is 1.38 bits per heavy atom. The Labute approximate surface area is 155 Å². The van der Waals surface area contributed by atoms with Crippen LogP contribution in [0.2, 0.25) is 0 Å². The molecule has 0 spiro atoms. The summed E-state index contributed by atoms with van der Waals surface area (Å²) < 4.78 is 1.95. The molecule has 26 heavy (non-hydrogen) atoms. The van der Waals surface area contributed by atoms with Gasteiger partial charge in [0.1, 0.15) is 5.82 Å². The van der Waals surface area contributed by atoms with Gasteiger partial charge in [0, 0.05) is 45.1 Å². The van der Waals surface area contributed by atoms with Gasteiger partial charge in [-0.15, -0.1) is 0 Å². The lowest BCUT2D eigenvalue weighted by Gasteiger charge is -2.39. The molecule has 1 saturated carbocycles. The third-order valence-corrected chi connectivity index (χ3v) is 5.03. The molecular formula is C19H31N5O2. The van der Waals surface area contributed by atoms with E-state index in [1.165, 1.54) is 0 Å². The second-order valence-electron chi connectivity index (χ2n) is 8.75. The van der Waals surface area contributed by atoms with Crippen LogP contribution in [0.25, 0.3) is 0 Å². The lowest BCUT2D eigenvalue weighted by molar-refractivity contribution is -0.140. The molecule has 2 aliphatic rings. The fourth-order valence-corrected chi connectivity index (χ4v) is 3.57. The minimum Gasteiger partial charge on any atom is -0.353 e. The molecule has 1 aliphatic heterocycles. The van der Waals surface area contributed by atoms with E-state index in [4.69, 9.17) is 0 Å². The first kappa shape index (κ1) is 18.9. The maximum atomic E-state index is 13.1.